The minimum absolute atomic E-state index is 0.0107. The van der Waals surface area contributed by atoms with E-state index in [1.807, 2.05) is 13.8 Å². The SMILES string of the molecule is CCC(CC)[C@@H](NC(C)=O)OC(=O)[C@H]1C[C@H](NC(=N)N)[CH][C@@H]1O. The molecule has 4 atom stereocenters. The van der Waals surface area contributed by atoms with Crippen LogP contribution in [0.1, 0.15) is 40.0 Å². The van der Waals surface area contributed by atoms with E-state index in [1.165, 1.54) is 13.3 Å². The highest BCUT2D eigenvalue weighted by molar-refractivity contribution is 5.77. The molecule has 0 aromatic rings. The molecule has 8 heteroatoms. The first-order valence-corrected chi connectivity index (χ1v) is 7.89. The zero-order valence-electron chi connectivity index (χ0n) is 13.8. The van der Waals surface area contributed by atoms with Gasteiger partial charge in [-0.05, 0) is 19.3 Å². The van der Waals surface area contributed by atoms with Crippen LogP contribution in [0.4, 0.5) is 0 Å². The fourth-order valence-electron chi connectivity index (χ4n) is 2.78. The molecule has 8 nitrogen and oxygen atoms in total. The molecule has 1 fully saturated rings. The fraction of sp³-hybridized carbons (Fsp3) is 0.733. The van der Waals surface area contributed by atoms with E-state index in [1.54, 1.807) is 0 Å². The summed E-state index contributed by atoms with van der Waals surface area (Å²) in [6, 6.07) is -0.354. The molecule has 0 heterocycles. The summed E-state index contributed by atoms with van der Waals surface area (Å²) in [5.41, 5.74) is 5.26. The molecule has 1 rings (SSSR count). The molecule has 131 valence electrons. The zero-order valence-corrected chi connectivity index (χ0v) is 13.8. The highest BCUT2D eigenvalue weighted by atomic mass is 16.6. The summed E-state index contributed by atoms with van der Waals surface area (Å²) < 4.78 is 5.45. The number of aliphatic hydroxyl groups is 1. The van der Waals surface area contributed by atoms with E-state index < -0.39 is 24.2 Å². The summed E-state index contributed by atoms with van der Waals surface area (Å²) >= 11 is 0. The Kier molecular flexibility index (Phi) is 7.28. The van der Waals surface area contributed by atoms with Crippen molar-refractivity contribution in [3.63, 3.8) is 0 Å². The molecule has 1 radical (unpaired) electrons. The summed E-state index contributed by atoms with van der Waals surface area (Å²) in [6.45, 7) is 5.29. The minimum Gasteiger partial charge on any atom is -0.441 e. The Morgan fingerprint density at radius 1 is 1.43 bits per heavy atom. The average molecular weight is 327 g/mol. The first-order chi connectivity index (χ1) is 10.8. The number of ether oxygens (including phenoxy) is 1. The van der Waals surface area contributed by atoms with Gasteiger partial charge in [0, 0.05) is 25.3 Å². The Morgan fingerprint density at radius 3 is 2.52 bits per heavy atom. The molecule has 0 bridgehead atoms. The maximum atomic E-state index is 12.3. The van der Waals surface area contributed by atoms with Crippen LogP contribution in [-0.2, 0) is 14.3 Å². The molecule has 1 aliphatic carbocycles. The van der Waals surface area contributed by atoms with Crippen LogP contribution in [-0.4, -0.2) is 41.3 Å². The van der Waals surface area contributed by atoms with Crippen LogP contribution in [0.5, 0.6) is 0 Å². The van der Waals surface area contributed by atoms with Crippen molar-refractivity contribution < 1.29 is 19.4 Å². The van der Waals surface area contributed by atoms with Gasteiger partial charge in [-0.1, -0.05) is 13.8 Å². The number of rotatable bonds is 7. The van der Waals surface area contributed by atoms with Crippen molar-refractivity contribution in [1.82, 2.24) is 10.6 Å². The average Bonchev–Trinajstić information content (AvgIpc) is 2.79. The van der Waals surface area contributed by atoms with Crippen LogP contribution in [0.2, 0.25) is 0 Å². The number of hydrogen-bond donors (Lipinski definition) is 5. The lowest BCUT2D eigenvalue weighted by molar-refractivity contribution is -0.162. The van der Waals surface area contributed by atoms with Gasteiger partial charge >= 0.3 is 5.97 Å². The van der Waals surface area contributed by atoms with Crippen LogP contribution in [0.25, 0.3) is 0 Å². The van der Waals surface area contributed by atoms with Crippen LogP contribution < -0.4 is 16.4 Å². The second kappa shape index (κ2) is 8.71. The first kappa shape index (κ1) is 19.2. The van der Waals surface area contributed by atoms with Crippen LogP contribution in [0.15, 0.2) is 0 Å². The van der Waals surface area contributed by atoms with Crippen molar-refractivity contribution in [2.75, 3.05) is 0 Å². The third-order valence-electron chi connectivity index (χ3n) is 4.06. The number of nitrogens with two attached hydrogens (primary N) is 1. The highest BCUT2D eigenvalue weighted by Gasteiger charge is 2.40. The Hall–Kier alpha value is -1.83. The smallest absolute Gasteiger partial charge is 0.313 e. The van der Waals surface area contributed by atoms with E-state index in [0.717, 1.165) is 12.8 Å². The Morgan fingerprint density at radius 2 is 2.04 bits per heavy atom. The third kappa shape index (κ3) is 5.70. The second-order valence-electron chi connectivity index (χ2n) is 5.82. The van der Waals surface area contributed by atoms with Gasteiger partial charge in [0.05, 0.1) is 12.0 Å². The molecule has 0 aromatic heterocycles. The van der Waals surface area contributed by atoms with Crippen molar-refractivity contribution in [1.29, 1.82) is 5.41 Å². The van der Waals surface area contributed by atoms with E-state index in [4.69, 9.17) is 15.9 Å². The van der Waals surface area contributed by atoms with Crippen LogP contribution >= 0.6 is 0 Å². The van der Waals surface area contributed by atoms with E-state index >= 15 is 0 Å². The van der Waals surface area contributed by atoms with E-state index in [9.17, 15) is 14.7 Å². The quantitative estimate of drug-likeness (QED) is 0.191. The van der Waals surface area contributed by atoms with Gasteiger partial charge < -0.3 is 26.2 Å². The summed E-state index contributed by atoms with van der Waals surface area (Å²) in [7, 11) is 0. The Balaban J connectivity index is 2.70. The largest absolute Gasteiger partial charge is 0.441 e. The Bertz CT molecular complexity index is 439. The normalized spacial score (nSPS) is 25.0. The molecule has 1 aliphatic rings. The van der Waals surface area contributed by atoms with Gasteiger partial charge in [-0.2, -0.15) is 0 Å². The molecule has 0 unspecified atom stereocenters. The summed E-state index contributed by atoms with van der Waals surface area (Å²) in [5, 5.41) is 22.5. The molecule has 6 N–H and O–H groups in total. The molecule has 1 saturated carbocycles. The van der Waals surface area contributed by atoms with Gasteiger partial charge in [-0.15, -0.1) is 0 Å². The van der Waals surface area contributed by atoms with Crippen molar-refractivity contribution in [2.45, 2.75) is 58.4 Å². The zero-order chi connectivity index (χ0) is 17.6. The molecular formula is C15H27N4O4. The molecule has 23 heavy (non-hydrogen) atoms. The van der Waals surface area contributed by atoms with Gasteiger partial charge in [0.1, 0.15) is 0 Å². The van der Waals surface area contributed by atoms with E-state index in [0.29, 0.717) is 0 Å². The van der Waals surface area contributed by atoms with Gasteiger partial charge in [-0.25, -0.2) is 0 Å². The number of amides is 1. The highest BCUT2D eigenvalue weighted by Crippen LogP contribution is 2.27. The molecular weight excluding hydrogens is 300 g/mol. The number of guanidine groups is 1. The lowest BCUT2D eigenvalue weighted by atomic mass is 10.0. The number of aliphatic hydroxyl groups excluding tert-OH is 1. The molecule has 0 spiro atoms. The standard InChI is InChI=1S/C15H27N4O4/c1-4-9(5-2)13(18-8(3)20)23-14(22)11-6-10(7-12(11)21)19-15(16)17/h7,9-13,21H,4-6H2,1-3H3,(H,18,20)(H4,16,17,19)/t10-,11-,12-,13-/m0/s1. The molecule has 0 aliphatic heterocycles. The fourth-order valence-corrected chi connectivity index (χ4v) is 2.78. The molecule has 0 aromatic carbocycles. The van der Waals surface area contributed by atoms with Crippen LogP contribution in [0.3, 0.4) is 0 Å². The lowest BCUT2D eigenvalue weighted by Gasteiger charge is -2.27. The van der Waals surface area contributed by atoms with Crippen molar-refractivity contribution in [3.05, 3.63) is 6.42 Å². The van der Waals surface area contributed by atoms with Gasteiger partial charge in [0.25, 0.3) is 0 Å². The number of esters is 1. The van der Waals surface area contributed by atoms with Crippen molar-refractivity contribution >= 4 is 17.8 Å². The van der Waals surface area contributed by atoms with Crippen molar-refractivity contribution in [2.24, 2.45) is 17.6 Å². The monoisotopic (exact) mass is 327 g/mol. The summed E-state index contributed by atoms with van der Waals surface area (Å²) in [4.78, 5) is 23.7. The summed E-state index contributed by atoms with van der Waals surface area (Å²) in [6.07, 6.45) is 1.64. The second-order valence-corrected chi connectivity index (χ2v) is 5.82. The predicted molar refractivity (Wildman–Crippen MR) is 85.0 cm³/mol. The maximum absolute atomic E-state index is 12.3. The molecule has 1 amide bonds. The lowest BCUT2D eigenvalue weighted by Crippen LogP contribution is -2.44. The van der Waals surface area contributed by atoms with Gasteiger partial charge in [0.2, 0.25) is 5.91 Å². The number of nitrogens with one attached hydrogen (secondary N) is 3. The minimum atomic E-state index is -0.973. The van der Waals surface area contributed by atoms with Gasteiger partial charge in [-0.3, -0.25) is 15.0 Å². The topological polar surface area (TPSA) is 138 Å². The summed E-state index contributed by atoms with van der Waals surface area (Å²) in [5.74, 6) is -1.79. The van der Waals surface area contributed by atoms with Crippen LogP contribution in [0, 0.1) is 23.7 Å². The van der Waals surface area contributed by atoms with E-state index in [2.05, 4.69) is 10.6 Å². The first-order valence-electron chi connectivity index (χ1n) is 7.89. The Labute approximate surface area is 136 Å². The number of hydrogen-bond acceptors (Lipinski definition) is 5. The van der Waals surface area contributed by atoms with Crippen molar-refractivity contribution in [3.8, 4) is 0 Å². The molecule has 0 saturated heterocycles. The third-order valence-corrected chi connectivity index (χ3v) is 4.06. The predicted octanol–water partition coefficient (Wildman–Crippen LogP) is -0.135. The van der Waals surface area contributed by atoms with E-state index in [-0.39, 0.29) is 30.2 Å². The number of carbonyl (C=O) groups is 2. The van der Waals surface area contributed by atoms with Gasteiger partial charge in [0.15, 0.2) is 12.2 Å². The maximum Gasteiger partial charge on any atom is 0.313 e. The number of carbonyl (C=O) groups excluding carboxylic acids is 2.